The lowest BCUT2D eigenvalue weighted by atomic mass is 10.0. The normalized spacial score (nSPS) is 18.6. The summed E-state index contributed by atoms with van der Waals surface area (Å²) in [7, 11) is 0. The van der Waals surface area contributed by atoms with E-state index in [0.29, 0.717) is 19.3 Å². The third-order valence-corrected chi connectivity index (χ3v) is 8.48. The van der Waals surface area contributed by atoms with Gasteiger partial charge >= 0.3 is 5.97 Å². The minimum absolute atomic E-state index is 0.0734. The third-order valence-electron chi connectivity index (χ3n) is 8.48. The van der Waals surface area contributed by atoms with E-state index in [2.05, 4.69) is 6.92 Å². The molecule has 0 aliphatic carbocycles. The quantitative estimate of drug-likeness (QED) is 0.0494. The van der Waals surface area contributed by atoms with Gasteiger partial charge in [-0.15, -0.1) is 0 Å². The maximum atomic E-state index is 11.2. The van der Waals surface area contributed by atoms with Crippen LogP contribution in [-0.2, 0) is 19.0 Å². The number of rotatable bonds is 31. The molecule has 6 atom stereocenters. The van der Waals surface area contributed by atoms with E-state index in [1.807, 2.05) is 6.92 Å². The van der Waals surface area contributed by atoms with Crippen LogP contribution in [-0.4, -0.2) is 94.6 Å². The molecule has 0 spiro atoms. The van der Waals surface area contributed by atoms with Crippen molar-refractivity contribution in [2.24, 2.45) is 0 Å². The molecule has 1 aliphatic rings. The molecule has 0 amide bonds. The number of esters is 1. The third kappa shape index (κ3) is 22.4. The molecule has 1 aliphatic heterocycles. The highest BCUT2D eigenvalue weighted by molar-refractivity contribution is 5.85. The SMILES string of the molecule is CCCCCCCCCC[C@H](O)COC[C@H](O)[C@@H](O)COC[C@@H](O)CCCC[C@@H](O)CCCCCCCC1=CC(=O)O[C@H]1C. The van der Waals surface area contributed by atoms with Crippen LogP contribution >= 0.6 is 0 Å². The Morgan fingerprint density at radius 3 is 1.48 bits per heavy atom. The zero-order chi connectivity index (χ0) is 32.4. The van der Waals surface area contributed by atoms with Crippen molar-refractivity contribution in [2.75, 3.05) is 26.4 Å². The summed E-state index contributed by atoms with van der Waals surface area (Å²) < 4.78 is 15.9. The smallest absolute Gasteiger partial charge is 0.331 e. The average molecular weight is 631 g/mol. The van der Waals surface area contributed by atoms with Gasteiger partial charge in [-0.05, 0) is 51.0 Å². The van der Waals surface area contributed by atoms with Crippen molar-refractivity contribution in [1.29, 1.82) is 0 Å². The Morgan fingerprint density at radius 1 is 0.614 bits per heavy atom. The van der Waals surface area contributed by atoms with Crippen molar-refractivity contribution in [2.45, 2.75) is 179 Å². The van der Waals surface area contributed by atoms with Crippen LogP contribution < -0.4 is 0 Å². The maximum Gasteiger partial charge on any atom is 0.331 e. The summed E-state index contributed by atoms with van der Waals surface area (Å²) in [5.74, 6) is -0.227. The number of unbranched alkanes of at least 4 members (excludes halogenated alkanes) is 12. The van der Waals surface area contributed by atoms with Crippen LogP contribution in [0.5, 0.6) is 0 Å². The number of hydrogen-bond donors (Lipinski definition) is 5. The molecule has 5 N–H and O–H groups in total. The predicted molar refractivity (Wildman–Crippen MR) is 173 cm³/mol. The van der Waals surface area contributed by atoms with Gasteiger partial charge in [0.1, 0.15) is 18.3 Å². The van der Waals surface area contributed by atoms with Crippen LogP contribution in [0.3, 0.4) is 0 Å². The van der Waals surface area contributed by atoms with Crippen LogP contribution in [0.2, 0.25) is 0 Å². The van der Waals surface area contributed by atoms with Gasteiger partial charge in [0.25, 0.3) is 0 Å². The lowest BCUT2D eigenvalue weighted by Crippen LogP contribution is -2.36. The van der Waals surface area contributed by atoms with E-state index < -0.39 is 24.4 Å². The van der Waals surface area contributed by atoms with Crippen LogP contribution in [0, 0.1) is 0 Å². The zero-order valence-corrected chi connectivity index (χ0v) is 27.9. The Balaban J connectivity index is 1.91. The second kappa shape index (κ2) is 27.1. The molecule has 0 radical (unpaired) electrons. The first-order chi connectivity index (χ1) is 21.2. The van der Waals surface area contributed by atoms with E-state index in [-0.39, 0.29) is 44.6 Å². The van der Waals surface area contributed by atoms with E-state index >= 15 is 0 Å². The standard InChI is InChI=1S/C35H66O9/c1-3-4-5-6-7-8-11-15-21-31(37)24-42-26-33(39)34(40)27-43-25-32(38)22-17-16-20-30(36)19-14-12-9-10-13-18-29-23-35(41)44-28(29)2/h23,28,30-34,36-40H,3-22,24-27H2,1-2H3/t28-,30-,31-,32-,33-,34-/m0/s1. The number of aliphatic hydroxyl groups is 5. The largest absolute Gasteiger partial charge is 0.455 e. The fraction of sp³-hybridized carbons (Fsp3) is 0.914. The topological polar surface area (TPSA) is 146 Å². The summed E-state index contributed by atoms with van der Waals surface area (Å²) in [5.41, 5.74) is 1.09. The minimum atomic E-state index is -1.13. The lowest BCUT2D eigenvalue weighted by molar-refractivity contribution is -0.138. The van der Waals surface area contributed by atoms with Crippen LogP contribution in [0.4, 0.5) is 0 Å². The molecule has 0 saturated heterocycles. The van der Waals surface area contributed by atoms with E-state index in [9.17, 15) is 30.3 Å². The molecule has 260 valence electrons. The van der Waals surface area contributed by atoms with Gasteiger partial charge in [0.05, 0.1) is 44.7 Å². The second-order valence-electron chi connectivity index (χ2n) is 12.8. The fourth-order valence-electron chi connectivity index (χ4n) is 5.52. The molecule has 0 aromatic rings. The Morgan fingerprint density at radius 2 is 1.02 bits per heavy atom. The van der Waals surface area contributed by atoms with Crippen molar-refractivity contribution in [3.63, 3.8) is 0 Å². The monoisotopic (exact) mass is 630 g/mol. The Bertz CT molecular complexity index is 716. The molecule has 1 heterocycles. The highest BCUT2D eigenvalue weighted by Gasteiger charge is 2.21. The molecule has 44 heavy (non-hydrogen) atoms. The zero-order valence-electron chi connectivity index (χ0n) is 27.9. The van der Waals surface area contributed by atoms with Gasteiger partial charge < -0.3 is 39.7 Å². The highest BCUT2D eigenvalue weighted by atomic mass is 16.5. The van der Waals surface area contributed by atoms with Crippen molar-refractivity contribution >= 4 is 5.97 Å². The predicted octanol–water partition coefficient (Wildman–Crippen LogP) is 5.52. The molecular formula is C35H66O9. The number of carbonyl (C=O) groups is 1. The Hall–Kier alpha value is -1.07. The van der Waals surface area contributed by atoms with Crippen molar-refractivity contribution < 1.29 is 44.5 Å². The van der Waals surface area contributed by atoms with Crippen LogP contribution in [0.15, 0.2) is 11.6 Å². The van der Waals surface area contributed by atoms with E-state index in [1.54, 1.807) is 6.08 Å². The molecule has 0 unspecified atom stereocenters. The van der Waals surface area contributed by atoms with Gasteiger partial charge in [-0.25, -0.2) is 4.79 Å². The highest BCUT2D eigenvalue weighted by Crippen LogP contribution is 2.22. The number of carbonyl (C=O) groups excluding carboxylic acids is 1. The first-order valence-corrected chi connectivity index (χ1v) is 17.7. The average Bonchev–Trinajstić information content (AvgIpc) is 3.32. The van der Waals surface area contributed by atoms with Crippen molar-refractivity contribution in [1.82, 2.24) is 0 Å². The molecule has 9 nitrogen and oxygen atoms in total. The molecular weight excluding hydrogens is 564 g/mol. The van der Waals surface area contributed by atoms with Gasteiger partial charge in [-0.2, -0.15) is 0 Å². The summed E-state index contributed by atoms with van der Waals surface area (Å²) in [5, 5.41) is 50.6. The number of ether oxygens (including phenoxy) is 3. The first kappa shape index (κ1) is 41.0. The minimum Gasteiger partial charge on any atom is -0.455 e. The van der Waals surface area contributed by atoms with Crippen molar-refractivity contribution in [3.05, 3.63) is 11.6 Å². The molecule has 0 aromatic heterocycles. The molecule has 0 saturated carbocycles. The number of cyclic esters (lactones) is 1. The van der Waals surface area contributed by atoms with E-state index in [0.717, 1.165) is 76.2 Å². The molecule has 0 aromatic carbocycles. The number of aliphatic hydroxyl groups excluding tert-OH is 5. The Kier molecular flexibility index (Phi) is 25.2. The lowest BCUT2D eigenvalue weighted by Gasteiger charge is -2.20. The van der Waals surface area contributed by atoms with Gasteiger partial charge in [-0.1, -0.05) is 96.8 Å². The van der Waals surface area contributed by atoms with Crippen molar-refractivity contribution in [3.8, 4) is 0 Å². The summed E-state index contributed by atoms with van der Waals surface area (Å²) >= 11 is 0. The first-order valence-electron chi connectivity index (χ1n) is 17.7. The molecule has 1 rings (SSSR count). The summed E-state index contributed by atoms with van der Waals surface area (Å²) in [6, 6.07) is 0. The van der Waals surface area contributed by atoms with Gasteiger partial charge in [0, 0.05) is 6.08 Å². The van der Waals surface area contributed by atoms with Gasteiger partial charge in [-0.3, -0.25) is 0 Å². The molecule has 0 bridgehead atoms. The van der Waals surface area contributed by atoms with Gasteiger partial charge in [0.2, 0.25) is 0 Å². The van der Waals surface area contributed by atoms with E-state index in [1.165, 1.54) is 38.5 Å². The summed E-state index contributed by atoms with van der Waals surface area (Å²) in [6.45, 7) is 4.15. The second-order valence-corrected chi connectivity index (χ2v) is 12.8. The molecule has 0 fully saturated rings. The van der Waals surface area contributed by atoms with Gasteiger partial charge in [0.15, 0.2) is 0 Å². The van der Waals surface area contributed by atoms with Crippen LogP contribution in [0.1, 0.15) is 142 Å². The fourth-order valence-corrected chi connectivity index (χ4v) is 5.52. The Labute approximate surface area is 267 Å². The van der Waals surface area contributed by atoms with Crippen LogP contribution in [0.25, 0.3) is 0 Å². The maximum absolute atomic E-state index is 11.2. The summed E-state index contributed by atoms with van der Waals surface area (Å²) in [4.78, 5) is 11.2. The molecule has 9 heteroatoms. The number of hydrogen-bond acceptors (Lipinski definition) is 9. The van der Waals surface area contributed by atoms with E-state index in [4.69, 9.17) is 14.2 Å². The summed E-state index contributed by atoms with van der Waals surface area (Å²) in [6.07, 6.45) is 18.1.